The molecule has 2 amide bonds. The summed E-state index contributed by atoms with van der Waals surface area (Å²) in [5.74, 6) is -0.293. The third kappa shape index (κ3) is 3.10. The maximum Gasteiger partial charge on any atom is 0.430 e. The molecule has 1 rings (SSSR count). The number of carbonyl (C=O) groups is 2. The van der Waals surface area contributed by atoms with Gasteiger partial charge in [-0.2, -0.15) is 0 Å². The minimum Gasteiger partial charge on any atom is -0.351 e. The molecule has 0 aromatic rings. The lowest BCUT2D eigenvalue weighted by atomic mass is 10.2. The van der Waals surface area contributed by atoms with Crippen molar-refractivity contribution in [3.8, 4) is 0 Å². The predicted octanol–water partition coefficient (Wildman–Crippen LogP) is -0.262. The van der Waals surface area contributed by atoms with Crippen LogP contribution in [-0.4, -0.2) is 24.3 Å². The smallest absolute Gasteiger partial charge is 0.351 e. The van der Waals surface area contributed by atoms with Crippen LogP contribution in [0, 0.1) is 0 Å². The molecule has 3 N–H and O–H groups in total. The second kappa shape index (κ2) is 4.44. The number of amides is 2. The highest BCUT2D eigenvalue weighted by Crippen LogP contribution is 2.02. The first-order chi connectivity index (χ1) is 6.20. The number of oxime groups is 1. The number of carbonyl (C=O) groups excluding carboxylic acids is 2. The second-order valence-corrected chi connectivity index (χ2v) is 2.66. The summed E-state index contributed by atoms with van der Waals surface area (Å²) in [7, 11) is 0. The first-order valence-corrected chi connectivity index (χ1v) is 4.01. The summed E-state index contributed by atoms with van der Waals surface area (Å²) in [6, 6.07) is 0. The van der Waals surface area contributed by atoms with Crippen LogP contribution in [0.15, 0.2) is 5.16 Å². The Hall–Kier alpha value is -1.59. The zero-order valence-electron chi connectivity index (χ0n) is 7.08. The molecular weight excluding hydrogens is 174 g/mol. The van der Waals surface area contributed by atoms with Gasteiger partial charge in [-0.3, -0.25) is 9.63 Å². The van der Waals surface area contributed by atoms with Gasteiger partial charge < -0.3 is 11.1 Å². The molecule has 0 bridgehead atoms. The van der Waals surface area contributed by atoms with Gasteiger partial charge in [0.05, 0.1) is 0 Å². The number of hydrogen-bond donors (Lipinski definition) is 2. The van der Waals surface area contributed by atoms with Crippen LogP contribution in [0.25, 0.3) is 0 Å². The van der Waals surface area contributed by atoms with Crippen LogP contribution >= 0.6 is 0 Å². The molecule has 1 aliphatic rings. The van der Waals surface area contributed by atoms with E-state index in [0.29, 0.717) is 13.0 Å². The van der Waals surface area contributed by atoms with Crippen molar-refractivity contribution in [3.05, 3.63) is 0 Å². The summed E-state index contributed by atoms with van der Waals surface area (Å²) in [6.07, 6.45) is 1.25. The van der Waals surface area contributed by atoms with Crippen molar-refractivity contribution in [1.82, 2.24) is 5.32 Å². The zero-order valence-corrected chi connectivity index (χ0v) is 7.08. The molecule has 0 aliphatic carbocycles. The van der Waals surface area contributed by atoms with Crippen LogP contribution in [0.3, 0.4) is 0 Å². The molecule has 0 atom stereocenters. The lowest BCUT2D eigenvalue weighted by Crippen LogP contribution is -2.29. The van der Waals surface area contributed by atoms with Crippen molar-refractivity contribution in [1.29, 1.82) is 0 Å². The Morgan fingerprint density at radius 2 is 2.31 bits per heavy atom. The van der Waals surface area contributed by atoms with E-state index in [-0.39, 0.29) is 11.6 Å². The maximum atomic E-state index is 11.2. The lowest BCUT2D eigenvalue weighted by molar-refractivity contribution is -0.114. The summed E-state index contributed by atoms with van der Waals surface area (Å²) >= 11 is 0. The lowest BCUT2D eigenvalue weighted by Gasteiger charge is -1.99. The highest BCUT2D eigenvalue weighted by atomic mass is 16.7. The molecule has 72 valence electrons. The molecule has 0 spiro atoms. The van der Waals surface area contributed by atoms with Crippen LogP contribution in [0.4, 0.5) is 4.79 Å². The Labute approximate surface area is 75.1 Å². The van der Waals surface area contributed by atoms with E-state index in [4.69, 9.17) is 5.73 Å². The van der Waals surface area contributed by atoms with Gasteiger partial charge >= 0.3 is 6.09 Å². The number of hydrogen-bond acceptors (Lipinski definition) is 4. The highest BCUT2D eigenvalue weighted by molar-refractivity contribution is 6.38. The van der Waals surface area contributed by atoms with E-state index in [0.717, 1.165) is 12.8 Å². The number of primary amides is 1. The molecule has 1 fully saturated rings. The third-order valence-corrected chi connectivity index (χ3v) is 1.63. The summed E-state index contributed by atoms with van der Waals surface area (Å²) in [5.41, 5.74) is 4.91. The Balaban J connectivity index is 2.58. The van der Waals surface area contributed by atoms with Crippen molar-refractivity contribution in [3.63, 3.8) is 0 Å². The van der Waals surface area contributed by atoms with Gasteiger partial charge in [0.15, 0.2) is 0 Å². The molecule has 0 unspecified atom stereocenters. The summed E-state index contributed by atoms with van der Waals surface area (Å²) in [4.78, 5) is 25.5. The standard InChI is InChI=1S/C7H11N3O3/c8-7(12)13-10-5-3-1-2-4-9-6(5)11/h1-4H2,(H2,8,12)(H,9,11). The minimum absolute atomic E-state index is 0.219. The van der Waals surface area contributed by atoms with Crippen LogP contribution in [0.2, 0.25) is 0 Å². The molecule has 1 saturated heterocycles. The van der Waals surface area contributed by atoms with Gasteiger partial charge in [0, 0.05) is 6.54 Å². The maximum absolute atomic E-state index is 11.2. The van der Waals surface area contributed by atoms with Gasteiger partial charge in [-0.05, 0) is 19.3 Å². The first-order valence-electron chi connectivity index (χ1n) is 4.01. The van der Waals surface area contributed by atoms with Gasteiger partial charge in [0.2, 0.25) is 0 Å². The Bertz CT molecular complexity index is 249. The SMILES string of the molecule is NC(=O)ON=C1CCCCNC1=O. The van der Waals surface area contributed by atoms with Crippen LogP contribution in [-0.2, 0) is 9.63 Å². The van der Waals surface area contributed by atoms with Crippen LogP contribution in [0.5, 0.6) is 0 Å². The molecule has 1 heterocycles. The molecule has 0 saturated carbocycles. The Morgan fingerprint density at radius 3 is 3.00 bits per heavy atom. The fourth-order valence-electron chi connectivity index (χ4n) is 1.02. The third-order valence-electron chi connectivity index (χ3n) is 1.63. The van der Waals surface area contributed by atoms with E-state index < -0.39 is 6.09 Å². The summed E-state index contributed by atoms with van der Waals surface area (Å²) in [5, 5.41) is 5.97. The number of nitrogens with one attached hydrogen (secondary N) is 1. The van der Waals surface area contributed by atoms with Gasteiger partial charge in [-0.15, -0.1) is 0 Å². The van der Waals surface area contributed by atoms with Gasteiger partial charge in [-0.25, -0.2) is 4.79 Å². The van der Waals surface area contributed by atoms with Crippen molar-refractivity contribution >= 4 is 17.7 Å². The largest absolute Gasteiger partial charge is 0.430 e. The Morgan fingerprint density at radius 1 is 1.54 bits per heavy atom. The number of rotatable bonds is 1. The van der Waals surface area contributed by atoms with Crippen molar-refractivity contribution in [2.24, 2.45) is 10.9 Å². The number of nitrogens with zero attached hydrogens (tertiary/aromatic N) is 1. The van der Waals surface area contributed by atoms with Crippen molar-refractivity contribution in [2.45, 2.75) is 19.3 Å². The van der Waals surface area contributed by atoms with E-state index in [9.17, 15) is 9.59 Å². The molecule has 0 aromatic carbocycles. The molecular formula is C7H11N3O3. The minimum atomic E-state index is -1.01. The summed E-state index contributed by atoms with van der Waals surface area (Å²) < 4.78 is 0. The van der Waals surface area contributed by atoms with E-state index in [1.165, 1.54) is 0 Å². The van der Waals surface area contributed by atoms with Crippen LogP contribution in [0.1, 0.15) is 19.3 Å². The average Bonchev–Trinajstić information content (AvgIpc) is 2.27. The van der Waals surface area contributed by atoms with Gasteiger partial charge in [0.1, 0.15) is 5.71 Å². The van der Waals surface area contributed by atoms with E-state index in [2.05, 4.69) is 15.3 Å². The molecule has 6 nitrogen and oxygen atoms in total. The quantitative estimate of drug-likeness (QED) is 0.435. The van der Waals surface area contributed by atoms with Crippen molar-refractivity contribution in [2.75, 3.05) is 6.54 Å². The van der Waals surface area contributed by atoms with Crippen molar-refractivity contribution < 1.29 is 14.4 Å². The average molecular weight is 185 g/mol. The second-order valence-electron chi connectivity index (χ2n) is 2.66. The zero-order chi connectivity index (χ0) is 9.68. The van der Waals surface area contributed by atoms with E-state index >= 15 is 0 Å². The van der Waals surface area contributed by atoms with Crippen LogP contribution < -0.4 is 11.1 Å². The predicted molar refractivity (Wildman–Crippen MR) is 45.0 cm³/mol. The number of nitrogens with two attached hydrogens (primary N) is 1. The topological polar surface area (TPSA) is 93.8 Å². The van der Waals surface area contributed by atoms with Gasteiger partial charge in [0.25, 0.3) is 5.91 Å². The molecule has 0 aromatic heterocycles. The summed E-state index contributed by atoms with van der Waals surface area (Å²) in [6.45, 7) is 0.633. The normalized spacial score (nSPS) is 20.6. The van der Waals surface area contributed by atoms with Gasteiger partial charge in [-0.1, -0.05) is 5.16 Å². The molecule has 1 aliphatic heterocycles. The van der Waals surface area contributed by atoms with E-state index in [1.807, 2.05) is 0 Å². The molecule has 6 heteroatoms. The molecule has 0 radical (unpaired) electrons. The first kappa shape index (κ1) is 9.50. The van der Waals surface area contributed by atoms with E-state index in [1.54, 1.807) is 0 Å². The fourth-order valence-corrected chi connectivity index (χ4v) is 1.02. The fraction of sp³-hybridized carbons (Fsp3) is 0.571. The Kier molecular flexibility index (Phi) is 3.24. The monoisotopic (exact) mass is 185 g/mol. The highest BCUT2D eigenvalue weighted by Gasteiger charge is 2.15. The molecule has 13 heavy (non-hydrogen) atoms.